The number of ether oxygens (including phenoxy) is 1. The highest BCUT2D eigenvalue weighted by atomic mass is 16.5. The zero-order valence-electron chi connectivity index (χ0n) is 14.2. The molecule has 0 aromatic carbocycles. The molecule has 0 spiro atoms. The minimum absolute atomic E-state index is 0.0160. The van der Waals surface area contributed by atoms with E-state index in [-0.39, 0.29) is 18.1 Å². The zero-order chi connectivity index (χ0) is 18.1. The first-order valence-corrected chi connectivity index (χ1v) is 8.58. The Kier molecular flexibility index (Phi) is 4.48. The van der Waals surface area contributed by atoms with Crippen molar-refractivity contribution in [3.05, 3.63) is 40.6 Å². The molecule has 0 radical (unpaired) electrons. The smallest absolute Gasteiger partial charge is 0.356 e. The van der Waals surface area contributed by atoms with E-state index in [1.165, 1.54) is 6.26 Å². The number of aromatic nitrogens is 2. The fourth-order valence-electron chi connectivity index (χ4n) is 3.38. The van der Waals surface area contributed by atoms with E-state index in [0.717, 1.165) is 24.5 Å². The number of furan rings is 1. The molecule has 0 aliphatic carbocycles. The molecule has 2 aliphatic rings. The number of rotatable bonds is 4. The average Bonchev–Trinajstić information content (AvgIpc) is 3.28. The van der Waals surface area contributed by atoms with Crippen LogP contribution in [0, 0.1) is 0 Å². The third-order valence-corrected chi connectivity index (χ3v) is 4.81. The summed E-state index contributed by atoms with van der Waals surface area (Å²) in [5.74, 6) is -0.513. The number of carbonyl (C=O) groups excluding carboxylic acids is 1. The predicted molar refractivity (Wildman–Crippen MR) is 88.8 cm³/mol. The van der Waals surface area contributed by atoms with E-state index in [4.69, 9.17) is 9.15 Å². The monoisotopic (exact) mass is 360 g/mol. The van der Waals surface area contributed by atoms with Crippen LogP contribution in [0.2, 0.25) is 0 Å². The summed E-state index contributed by atoms with van der Waals surface area (Å²) in [6.07, 6.45) is 2.03. The SMILES string of the molecule is O=C(O)c1n[nH]c2c1CN(C(=O)c1coc(CN3CCOCC3)c1)CC2. The highest BCUT2D eigenvalue weighted by molar-refractivity contribution is 5.94. The van der Waals surface area contributed by atoms with Crippen molar-refractivity contribution in [3.8, 4) is 0 Å². The Balaban J connectivity index is 1.44. The van der Waals surface area contributed by atoms with Gasteiger partial charge in [-0.05, 0) is 6.07 Å². The van der Waals surface area contributed by atoms with Gasteiger partial charge in [-0.2, -0.15) is 5.10 Å². The van der Waals surface area contributed by atoms with Crippen molar-refractivity contribution in [2.24, 2.45) is 0 Å². The molecule has 1 saturated heterocycles. The van der Waals surface area contributed by atoms with Gasteiger partial charge in [0.05, 0.1) is 31.9 Å². The summed E-state index contributed by atoms with van der Waals surface area (Å²) < 4.78 is 10.9. The number of carbonyl (C=O) groups is 2. The second kappa shape index (κ2) is 6.93. The van der Waals surface area contributed by atoms with Crippen molar-refractivity contribution in [2.75, 3.05) is 32.8 Å². The van der Waals surface area contributed by atoms with Crippen LogP contribution in [0.15, 0.2) is 16.7 Å². The maximum atomic E-state index is 12.8. The number of aromatic carboxylic acids is 1. The van der Waals surface area contributed by atoms with Gasteiger partial charge in [-0.3, -0.25) is 14.8 Å². The van der Waals surface area contributed by atoms with E-state index in [2.05, 4.69) is 15.1 Å². The van der Waals surface area contributed by atoms with Crippen molar-refractivity contribution in [3.63, 3.8) is 0 Å². The van der Waals surface area contributed by atoms with Crippen LogP contribution in [0.25, 0.3) is 0 Å². The fourth-order valence-corrected chi connectivity index (χ4v) is 3.38. The summed E-state index contributed by atoms with van der Waals surface area (Å²) in [6.45, 7) is 4.49. The van der Waals surface area contributed by atoms with Crippen LogP contribution < -0.4 is 0 Å². The van der Waals surface area contributed by atoms with Gasteiger partial charge in [0.2, 0.25) is 0 Å². The number of nitrogens with one attached hydrogen (secondary N) is 1. The van der Waals surface area contributed by atoms with Gasteiger partial charge in [0.1, 0.15) is 12.0 Å². The van der Waals surface area contributed by atoms with Crippen LogP contribution in [0.1, 0.15) is 37.9 Å². The summed E-state index contributed by atoms with van der Waals surface area (Å²) >= 11 is 0. The lowest BCUT2D eigenvalue weighted by Crippen LogP contribution is -2.36. The summed E-state index contributed by atoms with van der Waals surface area (Å²) in [4.78, 5) is 27.9. The molecule has 2 N–H and O–H groups in total. The number of fused-ring (bicyclic) bond motifs is 1. The number of amides is 1. The number of morpholine rings is 1. The highest BCUT2D eigenvalue weighted by Gasteiger charge is 2.29. The lowest BCUT2D eigenvalue weighted by molar-refractivity contribution is 0.0313. The van der Waals surface area contributed by atoms with E-state index in [9.17, 15) is 14.7 Å². The first-order valence-electron chi connectivity index (χ1n) is 8.58. The molecule has 2 aliphatic heterocycles. The van der Waals surface area contributed by atoms with E-state index < -0.39 is 5.97 Å². The molecule has 9 heteroatoms. The molecule has 4 rings (SSSR count). The Morgan fingerprint density at radius 2 is 2.08 bits per heavy atom. The van der Waals surface area contributed by atoms with Gasteiger partial charge >= 0.3 is 5.97 Å². The van der Waals surface area contributed by atoms with Gasteiger partial charge in [-0.15, -0.1) is 0 Å². The van der Waals surface area contributed by atoms with Gasteiger partial charge in [-0.25, -0.2) is 4.79 Å². The number of hydrogen-bond acceptors (Lipinski definition) is 6. The Labute approximate surface area is 149 Å². The van der Waals surface area contributed by atoms with Crippen molar-refractivity contribution < 1.29 is 23.8 Å². The Bertz CT molecular complexity index is 821. The molecule has 26 heavy (non-hydrogen) atoms. The number of carboxylic acid groups (broad SMARTS) is 1. The van der Waals surface area contributed by atoms with Crippen LogP contribution in [0.4, 0.5) is 0 Å². The third-order valence-electron chi connectivity index (χ3n) is 4.81. The van der Waals surface area contributed by atoms with Crippen LogP contribution >= 0.6 is 0 Å². The summed E-state index contributed by atoms with van der Waals surface area (Å²) in [5, 5.41) is 15.8. The largest absolute Gasteiger partial charge is 0.476 e. The normalized spacial score (nSPS) is 17.9. The molecule has 0 atom stereocenters. The maximum absolute atomic E-state index is 12.8. The first-order chi connectivity index (χ1) is 12.6. The number of aromatic amines is 1. The van der Waals surface area contributed by atoms with Crippen LogP contribution in [-0.2, 0) is 24.2 Å². The van der Waals surface area contributed by atoms with E-state index >= 15 is 0 Å². The molecule has 0 saturated carbocycles. The lowest BCUT2D eigenvalue weighted by atomic mass is 10.0. The number of H-pyrrole nitrogens is 1. The number of nitrogens with zero attached hydrogens (tertiary/aromatic N) is 3. The van der Waals surface area contributed by atoms with Crippen molar-refractivity contribution in [1.82, 2.24) is 20.0 Å². The number of carboxylic acids is 1. The van der Waals surface area contributed by atoms with Gasteiger partial charge in [-0.1, -0.05) is 0 Å². The van der Waals surface area contributed by atoms with Gasteiger partial charge in [0.15, 0.2) is 5.69 Å². The molecule has 1 amide bonds. The molecule has 1 fully saturated rings. The van der Waals surface area contributed by atoms with E-state index in [1.54, 1.807) is 11.0 Å². The molecular weight excluding hydrogens is 340 g/mol. The fraction of sp³-hybridized carbons (Fsp3) is 0.471. The topological polar surface area (TPSA) is 112 Å². The Morgan fingerprint density at radius 3 is 2.85 bits per heavy atom. The van der Waals surface area contributed by atoms with Crippen LogP contribution in [0.5, 0.6) is 0 Å². The minimum Gasteiger partial charge on any atom is -0.476 e. The van der Waals surface area contributed by atoms with Crippen molar-refractivity contribution >= 4 is 11.9 Å². The molecule has 2 aromatic rings. The summed E-state index contributed by atoms with van der Waals surface area (Å²) in [5.41, 5.74) is 1.83. The molecule has 2 aromatic heterocycles. The maximum Gasteiger partial charge on any atom is 0.356 e. The standard InChI is InChI=1S/C17H20N4O5/c22-16(11-7-12(26-10-11)8-20-3-5-25-6-4-20)21-2-1-14-13(9-21)15(17(23)24)19-18-14/h7,10H,1-6,8-9H2,(H,18,19)(H,23,24). The number of hydrogen-bond donors (Lipinski definition) is 2. The quantitative estimate of drug-likeness (QED) is 0.827. The first kappa shape index (κ1) is 16.8. The molecule has 138 valence electrons. The second-order valence-corrected chi connectivity index (χ2v) is 6.50. The Hall–Kier alpha value is -2.65. The molecule has 4 heterocycles. The Morgan fingerprint density at radius 1 is 1.27 bits per heavy atom. The highest BCUT2D eigenvalue weighted by Crippen LogP contribution is 2.23. The van der Waals surface area contributed by atoms with Crippen molar-refractivity contribution in [2.45, 2.75) is 19.5 Å². The van der Waals surface area contributed by atoms with Crippen LogP contribution in [-0.4, -0.2) is 69.8 Å². The van der Waals surface area contributed by atoms with Crippen molar-refractivity contribution in [1.29, 1.82) is 0 Å². The average molecular weight is 360 g/mol. The second-order valence-electron chi connectivity index (χ2n) is 6.50. The molecule has 0 bridgehead atoms. The van der Waals surface area contributed by atoms with E-state index in [1.807, 2.05) is 0 Å². The molecule has 0 unspecified atom stereocenters. The summed E-state index contributed by atoms with van der Waals surface area (Å²) in [7, 11) is 0. The third kappa shape index (κ3) is 3.23. The zero-order valence-corrected chi connectivity index (χ0v) is 14.2. The minimum atomic E-state index is -1.09. The van der Waals surface area contributed by atoms with Crippen LogP contribution in [0.3, 0.4) is 0 Å². The summed E-state index contributed by atoms with van der Waals surface area (Å²) in [6, 6.07) is 1.76. The van der Waals surface area contributed by atoms with Gasteiger partial charge in [0, 0.05) is 37.3 Å². The van der Waals surface area contributed by atoms with Gasteiger partial charge in [0.25, 0.3) is 5.91 Å². The van der Waals surface area contributed by atoms with Gasteiger partial charge < -0.3 is 19.2 Å². The molecular formula is C17H20N4O5. The molecule has 9 nitrogen and oxygen atoms in total. The predicted octanol–water partition coefficient (Wildman–Crippen LogP) is 0.732. The lowest BCUT2D eigenvalue weighted by Gasteiger charge is -2.26. The van der Waals surface area contributed by atoms with E-state index in [0.29, 0.717) is 43.9 Å².